The number of nitrogens with one attached hydrogen (secondary N) is 1. The number of hydrogen-bond donors (Lipinski definition) is 1. The van der Waals surface area contributed by atoms with Gasteiger partial charge in [0.15, 0.2) is 0 Å². The number of hydrogen-bond acceptors (Lipinski definition) is 2. The molecule has 1 saturated carbocycles. The van der Waals surface area contributed by atoms with Crippen molar-refractivity contribution in [1.82, 2.24) is 10.2 Å². The minimum absolute atomic E-state index is 0.839. The maximum absolute atomic E-state index is 3.69. The summed E-state index contributed by atoms with van der Waals surface area (Å²) >= 11 is 0. The maximum atomic E-state index is 3.69. The van der Waals surface area contributed by atoms with Gasteiger partial charge < -0.3 is 10.2 Å². The Labute approximate surface area is 102 Å². The zero-order valence-corrected chi connectivity index (χ0v) is 11.3. The van der Waals surface area contributed by atoms with E-state index in [1.165, 1.54) is 71.1 Å². The van der Waals surface area contributed by atoms with Gasteiger partial charge in [0.25, 0.3) is 0 Å². The highest BCUT2D eigenvalue weighted by Crippen LogP contribution is 2.17. The van der Waals surface area contributed by atoms with Gasteiger partial charge in [0, 0.05) is 6.04 Å². The average Bonchev–Trinajstić information content (AvgIpc) is 2.78. The van der Waals surface area contributed by atoms with Crippen molar-refractivity contribution >= 4 is 0 Å². The van der Waals surface area contributed by atoms with Crippen LogP contribution in [0.25, 0.3) is 0 Å². The van der Waals surface area contributed by atoms with Crippen LogP contribution < -0.4 is 5.32 Å². The van der Waals surface area contributed by atoms with E-state index in [0.29, 0.717) is 0 Å². The molecule has 0 unspecified atom stereocenters. The summed E-state index contributed by atoms with van der Waals surface area (Å²) in [6.45, 7) is 9.60. The highest BCUT2D eigenvalue weighted by atomic mass is 15.1. The van der Waals surface area contributed by atoms with E-state index in [-0.39, 0.29) is 0 Å². The summed E-state index contributed by atoms with van der Waals surface area (Å²) in [5.74, 6) is 0. The molecule has 0 aromatic heterocycles. The highest BCUT2D eigenvalue weighted by molar-refractivity contribution is 4.73. The van der Waals surface area contributed by atoms with Gasteiger partial charge in [-0.3, -0.25) is 0 Å². The van der Waals surface area contributed by atoms with Gasteiger partial charge in [-0.2, -0.15) is 0 Å². The minimum Gasteiger partial charge on any atom is -0.314 e. The van der Waals surface area contributed by atoms with Gasteiger partial charge >= 0.3 is 0 Å². The Morgan fingerprint density at radius 3 is 2.19 bits per heavy atom. The van der Waals surface area contributed by atoms with E-state index in [0.717, 1.165) is 6.04 Å². The standard InChI is InChI=1S/C14H30N2/c1-3-11-16(12-4-2)13-7-10-15-14-8-5-6-9-14/h14-15H,3-13H2,1-2H3. The molecule has 1 aliphatic carbocycles. The molecule has 0 amide bonds. The third kappa shape index (κ3) is 5.86. The maximum Gasteiger partial charge on any atom is 0.00670 e. The summed E-state index contributed by atoms with van der Waals surface area (Å²) in [5, 5.41) is 3.69. The van der Waals surface area contributed by atoms with E-state index in [1.54, 1.807) is 0 Å². The van der Waals surface area contributed by atoms with Crippen LogP contribution in [0, 0.1) is 0 Å². The van der Waals surface area contributed by atoms with Crippen molar-refractivity contribution in [3.05, 3.63) is 0 Å². The number of rotatable bonds is 9. The van der Waals surface area contributed by atoms with Crippen LogP contribution in [0.4, 0.5) is 0 Å². The summed E-state index contributed by atoms with van der Waals surface area (Å²) in [6, 6.07) is 0.839. The summed E-state index contributed by atoms with van der Waals surface area (Å²) < 4.78 is 0. The lowest BCUT2D eigenvalue weighted by molar-refractivity contribution is 0.268. The molecule has 0 aliphatic heterocycles. The molecule has 0 aromatic carbocycles. The van der Waals surface area contributed by atoms with Gasteiger partial charge in [0.1, 0.15) is 0 Å². The van der Waals surface area contributed by atoms with E-state index in [9.17, 15) is 0 Å². The quantitative estimate of drug-likeness (QED) is 0.608. The fourth-order valence-electron chi connectivity index (χ4n) is 2.71. The van der Waals surface area contributed by atoms with E-state index in [1.807, 2.05) is 0 Å². The lowest BCUT2D eigenvalue weighted by atomic mass is 10.2. The first-order valence-corrected chi connectivity index (χ1v) is 7.32. The predicted molar refractivity (Wildman–Crippen MR) is 71.9 cm³/mol. The molecule has 0 bridgehead atoms. The SMILES string of the molecule is CCCN(CCC)CCCNC1CCCC1. The Bertz CT molecular complexity index is 147. The molecule has 1 aliphatic rings. The normalized spacial score (nSPS) is 17.4. The van der Waals surface area contributed by atoms with E-state index in [4.69, 9.17) is 0 Å². The van der Waals surface area contributed by atoms with Crippen LogP contribution in [0.1, 0.15) is 58.8 Å². The molecule has 2 nitrogen and oxygen atoms in total. The van der Waals surface area contributed by atoms with Crippen molar-refractivity contribution in [1.29, 1.82) is 0 Å². The van der Waals surface area contributed by atoms with Crippen molar-refractivity contribution in [3.8, 4) is 0 Å². The largest absolute Gasteiger partial charge is 0.314 e. The molecule has 0 spiro atoms. The molecule has 1 fully saturated rings. The zero-order valence-electron chi connectivity index (χ0n) is 11.3. The molecule has 0 aromatic rings. The Kier molecular flexibility index (Phi) is 7.87. The Morgan fingerprint density at radius 2 is 1.62 bits per heavy atom. The summed E-state index contributed by atoms with van der Waals surface area (Å²) in [5.41, 5.74) is 0. The lowest BCUT2D eigenvalue weighted by Gasteiger charge is -2.21. The lowest BCUT2D eigenvalue weighted by Crippen LogP contribution is -2.32. The van der Waals surface area contributed by atoms with Crippen LogP contribution in [0.3, 0.4) is 0 Å². The van der Waals surface area contributed by atoms with Crippen LogP contribution in [-0.4, -0.2) is 37.1 Å². The molecule has 0 saturated heterocycles. The van der Waals surface area contributed by atoms with Crippen LogP contribution in [0.2, 0.25) is 0 Å². The van der Waals surface area contributed by atoms with E-state index >= 15 is 0 Å². The predicted octanol–water partition coefficient (Wildman–Crippen LogP) is 3.03. The van der Waals surface area contributed by atoms with Gasteiger partial charge in [-0.15, -0.1) is 0 Å². The van der Waals surface area contributed by atoms with Crippen LogP contribution in [0.15, 0.2) is 0 Å². The van der Waals surface area contributed by atoms with E-state index in [2.05, 4.69) is 24.1 Å². The summed E-state index contributed by atoms with van der Waals surface area (Å²) in [7, 11) is 0. The van der Waals surface area contributed by atoms with Crippen molar-refractivity contribution in [2.24, 2.45) is 0 Å². The van der Waals surface area contributed by atoms with Gasteiger partial charge in [0.05, 0.1) is 0 Å². The van der Waals surface area contributed by atoms with Crippen molar-refractivity contribution in [3.63, 3.8) is 0 Å². The molecule has 1 rings (SSSR count). The second-order valence-electron chi connectivity index (χ2n) is 5.13. The Hall–Kier alpha value is -0.0800. The monoisotopic (exact) mass is 226 g/mol. The van der Waals surface area contributed by atoms with Gasteiger partial charge in [0.2, 0.25) is 0 Å². The topological polar surface area (TPSA) is 15.3 Å². The third-order valence-electron chi connectivity index (χ3n) is 3.52. The second-order valence-corrected chi connectivity index (χ2v) is 5.13. The fraction of sp³-hybridized carbons (Fsp3) is 1.00. The molecule has 0 heterocycles. The first kappa shape index (κ1) is 14.0. The minimum atomic E-state index is 0.839. The number of nitrogens with zero attached hydrogens (tertiary/aromatic N) is 1. The molecular formula is C14H30N2. The summed E-state index contributed by atoms with van der Waals surface area (Å²) in [4.78, 5) is 2.61. The molecule has 0 atom stereocenters. The molecule has 0 radical (unpaired) electrons. The zero-order chi connectivity index (χ0) is 11.6. The van der Waals surface area contributed by atoms with E-state index < -0.39 is 0 Å². The average molecular weight is 226 g/mol. The molecule has 16 heavy (non-hydrogen) atoms. The summed E-state index contributed by atoms with van der Waals surface area (Å²) in [6.07, 6.45) is 9.59. The van der Waals surface area contributed by atoms with Gasteiger partial charge in [-0.25, -0.2) is 0 Å². The van der Waals surface area contributed by atoms with Gasteiger partial charge in [-0.1, -0.05) is 26.7 Å². The smallest absolute Gasteiger partial charge is 0.00670 e. The Balaban J connectivity index is 1.98. The third-order valence-corrected chi connectivity index (χ3v) is 3.52. The van der Waals surface area contributed by atoms with Crippen LogP contribution in [-0.2, 0) is 0 Å². The first-order chi connectivity index (χ1) is 7.86. The second kappa shape index (κ2) is 9.00. The van der Waals surface area contributed by atoms with Crippen molar-refractivity contribution in [2.45, 2.75) is 64.8 Å². The van der Waals surface area contributed by atoms with Crippen molar-refractivity contribution in [2.75, 3.05) is 26.2 Å². The molecule has 2 heteroatoms. The Morgan fingerprint density at radius 1 is 1.00 bits per heavy atom. The molecule has 1 N–H and O–H groups in total. The van der Waals surface area contributed by atoms with Crippen LogP contribution >= 0.6 is 0 Å². The first-order valence-electron chi connectivity index (χ1n) is 7.32. The van der Waals surface area contributed by atoms with Crippen LogP contribution in [0.5, 0.6) is 0 Å². The fourth-order valence-corrected chi connectivity index (χ4v) is 2.71. The molecule has 96 valence electrons. The molecular weight excluding hydrogens is 196 g/mol. The highest BCUT2D eigenvalue weighted by Gasteiger charge is 2.13. The van der Waals surface area contributed by atoms with Gasteiger partial charge in [-0.05, 0) is 58.3 Å². The van der Waals surface area contributed by atoms with Crippen molar-refractivity contribution < 1.29 is 0 Å².